The van der Waals surface area contributed by atoms with Crippen molar-refractivity contribution in [2.24, 2.45) is 0 Å². The maximum Gasteiger partial charge on any atom is 0.264 e. The highest BCUT2D eigenvalue weighted by Crippen LogP contribution is 2.26. The molecule has 0 unspecified atom stereocenters. The first-order valence-electron chi connectivity index (χ1n) is 5.22. The molecule has 0 radical (unpaired) electrons. The van der Waals surface area contributed by atoms with Gasteiger partial charge in [-0.3, -0.25) is 4.72 Å². The minimum atomic E-state index is -4.29. The summed E-state index contributed by atoms with van der Waals surface area (Å²) in [5.41, 5.74) is -0.114. The van der Waals surface area contributed by atoms with Crippen LogP contribution in [-0.2, 0) is 10.0 Å². The van der Waals surface area contributed by atoms with Crippen LogP contribution in [0, 0.1) is 17.5 Å². The second-order valence-corrected chi connectivity index (χ2v) is 5.86. The Bertz CT molecular complexity index is 765. The molecule has 0 fully saturated rings. The summed E-state index contributed by atoms with van der Waals surface area (Å²) in [4.78, 5) is -0.737. The summed E-state index contributed by atoms with van der Waals surface area (Å²) in [6.45, 7) is 0. The number of sulfonamides is 1. The number of rotatable bonds is 3. The van der Waals surface area contributed by atoms with Crippen LogP contribution in [0.1, 0.15) is 0 Å². The molecule has 0 aliphatic carbocycles. The lowest BCUT2D eigenvalue weighted by Gasteiger charge is -2.10. The van der Waals surface area contributed by atoms with Crippen LogP contribution >= 0.6 is 11.6 Å². The fraction of sp³-hybridized carbons (Fsp3) is 0. The average Bonchev–Trinajstić information content (AvgIpc) is 2.32. The van der Waals surface area contributed by atoms with E-state index in [1.165, 1.54) is 0 Å². The summed E-state index contributed by atoms with van der Waals surface area (Å²) in [7, 11) is -4.29. The molecule has 0 bridgehead atoms. The number of hydrogen-bond acceptors (Lipinski definition) is 2. The zero-order valence-electron chi connectivity index (χ0n) is 9.70. The van der Waals surface area contributed by atoms with Crippen LogP contribution in [0.15, 0.2) is 41.3 Å². The van der Waals surface area contributed by atoms with Gasteiger partial charge in [-0.15, -0.1) is 0 Å². The van der Waals surface area contributed by atoms with Crippen molar-refractivity contribution in [2.75, 3.05) is 4.72 Å². The Kier molecular flexibility index (Phi) is 3.92. The van der Waals surface area contributed by atoms with Crippen molar-refractivity contribution in [3.8, 4) is 0 Å². The van der Waals surface area contributed by atoms with Crippen molar-refractivity contribution in [2.45, 2.75) is 4.90 Å². The van der Waals surface area contributed by atoms with Crippen LogP contribution in [0.3, 0.4) is 0 Å². The Morgan fingerprint density at radius 3 is 2.15 bits per heavy atom. The summed E-state index contributed by atoms with van der Waals surface area (Å²) in [6, 6.07) is 5.02. The second-order valence-electron chi connectivity index (χ2n) is 3.80. The Balaban J connectivity index is 2.41. The standard InChI is InChI=1S/C12H7ClF3NO2S/c13-9-5-7(14)1-3-11(9)17-20(18,19)12-4-2-8(15)6-10(12)16/h1-6,17H. The van der Waals surface area contributed by atoms with Crippen molar-refractivity contribution < 1.29 is 21.6 Å². The van der Waals surface area contributed by atoms with Crippen LogP contribution in [-0.4, -0.2) is 8.42 Å². The second kappa shape index (κ2) is 5.34. The molecule has 2 aromatic rings. The van der Waals surface area contributed by atoms with Gasteiger partial charge in [0.25, 0.3) is 10.0 Å². The Morgan fingerprint density at radius 2 is 1.55 bits per heavy atom. The predicted molar refractivity (Wildman–Crippen MR) is 68.6 cm³/mol. The topological polar surface area (TPSA) is 46.2 Å². The van der Waals surface area contributed by atoms with Gasteiger partial charge in [-0.2, -0.15) is 0 Å². The van der Waals surface area contributed by atoms with Crippen molar-refractivity contribution in [3.05, 3.63) is 58.9 Å². The van der Waals surface area contributed by atoms with E-state index in [2.05, 4.69) is 0 Å². The van der Waals surface area contributed by atoms with Gasteiger partial charge in [-0.1, -0.05) is 11.6 Å². The summed E-state index contributed by atoms with van der Waals surface area (Å²) in [6.07, 6.45) is 0. The van der Waals surface area contributed by atoms with E-state index in [1.807, 2.05) is 4.72 Å². The zero-order valence-corrected chi connectivity index (χ0v) is 11.3. The number of benzene rings is 2. The van der Waals surface area contributed by atoms with E-state index in [4.69, 9.17) is 11.6 Å². The minimum absolute atomic E-state index is 0.114. The molecule has 8 heteroatoms. The lowest BCUT2D eigenvalue weighted by molar-refractivity contribution is 0.551. The van der Waals surface area contributed by atoms with Gasteiger partial charge in [0, 0.05) is 6.07 Å². The van der Waals surface area contributed by atoms with E-state index in [1.54, 1.807) is 0 Å². The van der Waals surface area contributed by atoms with Crippen LogP contribution in [0.2, 0.25) is 5.02 Å². The van der Waals surface area contributed by atoms with E-state index < -0.39 is 32.4 Å². The van der Waals surface area contributed by atoms with Crippen molar-refractivity contribution >= 4 is 27.3 Å². The molecule has 0 heterocycles. The lowest BCUT2D eigenvalue weighted by Crippen LogP contribution is -2.15. The van der Waals surface area contributed by atoms with Crippen molar-refractivity contribution in [3.63, 3.8) is 0 Å². The van der Waals surface area contributed by atoms with Crippen molar-refractivity contribution in [1.82, 2.24) is 0 Å². The normalized spacial score (nSPS) is 11.4. The molecule has 2 rings (SSSR count). The fourth-order valence-electron chi connectivity index (χ4n) is 1.47. The highest BCUT2D eigenvalue weighted by Gasteiger charge is 2.20. The van der Waals surface area contributed by atoms with E-state index in [0.29, 0.717) is 6.07 Å². The smallest absolute Gasteiger partial charge is 0.264 e. The molecule has 0 amide bonds. The molecule has 106 valence electrons. The van der Waals surface area contributed by atoms with Gasteiger partial charge < -0.3 is 0 Å². The van der Waals surface area contributed by atoms with Crippen LogP contribution in [0.25, 0.3) is 0 Å². The third-order valence-electron chi connectivity index (χ3n) is 2.36. The van der Waals surface area contributed by atoms with Gasteiger partial charge in [0.2, 0.25) is 0 Å². The molecular formula is C12H7ClF3NO2S. The summed E-state index contributed by atoms with van der Waals surface area (Å²) >= 11 is 5.67. The van der Waals surface area contributed by atoms with Crippen LogP contribution in [0.4, 0.5) is 18.9 Å². The maximum absolute atomic E-state index is 13.5. The molecule has 0 aliphatic heterocycles. The summed E-state index contributed by atoms with van der Waals surface area (Å²) < 4.78 is 65.0. The van der Waals surface area contributed by atoms with Gasteiger partial charge in [0.05, 0.1) is 10.7 Å². The van der Waals surface area contributed by atoms with Crippen LogP contribution < -0.4 is 4.72 Å². The molecule has 0 saturated heterocycles. The monoisotopic (exact) mass is 321 g/mol. The fourth-order valence-corrected chi connectivity index (χ4v) is 2.88. The molecule has 2 aromatic carbocycles. The molecule has 0 atom stereocenters. The van der Waals surface area contributed by atoms with E-state index >= 15 is 0 Å². The van der Waals surface area contributed by atoms with Gasteiger partial charge in [0.15, 0.2) is 0 Å². The first-order valence-corrected chi connectivity index (χ1v) is 7.08. The minimum Gasteiger partial charge on any atom is -0.278 e. The molecular weight excluding hydrogens is 315 g/mol. The average molecular weight is 322 g/mol. The Labute approximate surface area is 118 Å². The number of hydrogen-bond donors (Lipinski definition) is 1. The number of anilines is 1. The molecule has 0 aromatic heterocycles. The van der Waals surface area contributed by atoms with Gasteiger partial charge in [-0.25, -0.2) is 21.6 Å². The van der Waals surface area contributed by atoms with Crippen molar-refractivity contribution in [1.29, 1.82) is 0 Å². The van der Waals surface area contributed by atoms with Crippen LogP contribution in [0.5, 0.6) is 0 Å². The molecule has 0 aliphatic rings. The third kappa shape index (κ3) is 3.05. The summed E-state index contributed by atoms with van der Waals surface area (Å²) in [5, 5.41) is -0.184. The first kappa shape index (κ1) is 14.7. The highest BCUT2D eigenvalue weighted by molar-refractivity contribution is 7.92. The Morgan fingerprint density at radius 1 is 0.950 bits per heavy atom. The third-order valence-corrected chi connectivity index (χ3v) is 4.07. The summed E-state index contributed by atoms with van der Waals surface area (Å²) in [5.74, 6) is -2.79. The highest BCUT2D eigenvalue weighted by atomic mass is 35.5. The molecule has 20 heavy (non-hydrogen) atoms. The number of halogens is 4. The van der Waals surface area contributed by atoms with Gasteiger partial charge in [-0.05, 0) is 30.3 Å². The lowest BCUT2D eigenvalue weighted by atomic mass is 10.3. The van der Waals surface area contributed by atoms with E-state index in [9.17, 15) is 21.6 Å². The number of nitrogens with one attached hydrogen (secondary N) is 1. The Hall–Kier alpha value is -1.73. The molecule has 0 saturated carbocycles. The first-order chi connectivity index (χ1) is 9.29. The van der Waals surface area contributed by atoms with E-state index in [-0.39, 0.29) is 10.7 Å². The van der Waals surface area contributed by atoms with Gasteiger partial charge >= 0.3 is 0 Å². The molecule has 3 nitrogen and oxygen atoms in total. The SMILES string of the molecule is O=S(=O)(Nc1ccc(F)cc1Cl)c1ccc(F)cc1F. The quantitative estimate of drug-likeness (QED) is 0.939. The molecule has 1 N–H and O–H groups in total. The predicted octanol–water partition coefficient (Wildman–Crippen LogP) is 3.56. The van der Waals surface area contributed by atoms with E-state index in [0.717, 1.165) is 30.3 Å². The molecule has 0 spiro atoms. The van der Waals surface area contributed by atoms with Gasteiger partial charge in [0.1, 0.15) is 22.3 Å². The zero-order chi connectivity index (χ0) is 14.9. The maximum atomic E-state index is 13.5. The largest absolute Gasteiger partial charge is 0.278 e.